The summed E-state index contributed by atoms with van der Waals surface area (Å²) in [6.07, 6.45) is 0.359. The van der Waals surface area contributed by atoms with Gasteiger partial charge in [-0.15, -0.1) is 0 Å². The van der Waals surface area contributed by atoms with Gasteiger partial charge in [0.2, 0.25) is 5.91 Å². The quantitative estimate of drug-likeness (QED) is 0.723. The molecule has 1 amide bonds. The number of amides is 1. The summed E-state index contributed by atoms with van der Waals surface area (Å²) in [5.74, 6) is -0.313. The summed E-state index contributed by atoms with van der Waals surface area (Å²) < 4.78 is 4.62. The molecule has 0 unspecified atom stereocenters. The van der Waals surface area contributed by atoms with Crippen LogP contribution in [0.25, 0.3) is 0 Å². The molecule has 2 aromatic carbocycles. The SMILES string of the molecule is COC(=O)CCC(=O)N1CCN([C@H](c2ccccc2)c2ccc(C)cc2)CC1. The van der Waals surface area contributed by atoms with Crippen molar-refractivity contribution in [3.8, 4) is 0 Å². The molecule has 0 bridgehead atoms. The molecule has 1 fully saturated rings. The van der Waals surface area contributed by atoms with Gasteiger partial charge in [-0.2, -0.15) is 0 Å². The molecule has 1 saturated heterocycles. The minimum absolute atomic E-state index is 0.0247. The molecule has 0 N–H and O–H groups in total. The molecule has 1 aliphatic rings. The number of carbonyl (C=O) groups is 2. The molecular formula is C23H28N2O3. The van der Waals surface area contributed by atoms with Crippen LogP contribution in [0, 0.1) is 6.92 Å². The van der Waals surface area contributed by atoms with E-state index >= 15 is 0 Å². The fraction of sp³-hybridized carbons (Fsp3) is 0.391. The third kappa shape index (κ3) is 4.98. The van der Waals surface area contributed by atoms with Gasteiger partial charge in [-0.25, -0.2) is 0 Å². The minimum atomic E-state index is -0.338. The maximum absolute atomic E-state index is 12.4. The van der Waals surface area contributed by atoms with E-state index in [9.17, 15) is 9.59 Å². The zero-order valence-corrected chi connectivity index (χ0v) is 16.6. The molecule has 0 spiro atoms. The molecule has 5 nitrogen and oxygen atoms in total. The predicted octanol–water partition coefficient (Wildman–Crippen LogP) is 3.18. The van der Waals surface area contributed by atoms with E-state index in [4.69, 9.17) is 0 Å². The zero-order valence-electron chi connectivity index (χ0n) is 16.6. The molecule has 148 valence electrons. The van der Waals surface area contributed by atoms with Crippen molar-refractivity contribution in [2.75, 3.05) is 33.3 Å². The second-order valence-corrected chi connectivity index (χ2v) is 7.22. The Balaban J connectivity index is 1.69. The first kappa shape index (κ1) is 20.1. The van der Waals surface area contributed by atoms with Gasteiger partial charge < -0.3 is 9.64 Å². The molecule has 0 saturated carbocycles. The van der Waals surface area contributed by atoms with Crippen LogP contribution in [-0.4, -0.2) is 55.0 Å². The molecule has 5 heteroatoms. The number of benzene rings is 2. The Morgan fingerprint density at radius 3 is 2.11 bits per heavy atom. The molecule has 2 aromatic rings. The average molecular weight is 380 g/mol. The summed E-state index contributed by atoms with van der Waals surface area (Å²) in [6.45, 7) is 5.05. The number of ether oxygens (including phenoxy) is 1. The second-order valence-electron chi connectivity index (χ2n) is 7.22. The van der Waals surface area contributed by atoms with Crippen molar-refractivity contribution in [3.63, 3.8) is 0 Å². The Labute approximate surface area is 166 Å². The van der Waals surface area contributed by atoms with E-state index < -0.39 is 0 Å². The lowest BCUT2D eigenvalue weighted by Gasteiger charge is -2.40. The average Bonchev–Trinajstić information content (AvgIpc) is 2.74. The van der Waals surface area contributed by atoms with E-state index in [0.717, 1.165) is 13.1 Å². The van der Waals surface area contributed by atoms with E-state index in [1.165, 1.54) is 23.8 Å². The molecule has 0 radical (unpaired) electrons. The van der Waals surface area contributed by atoms with E-state index in [2.05, 4.69) is 65.1 Å². The molecule has 28 heavy (non-hydrogen) atoms. The first-order valence-electron chi connectivity index (χ1n) is 9.78. The standard InChI is InChI=1S/C23H28N2O3/c1-18-8-10-20(11-9-18)23(19-6-4-3-5-7-19)25-16-14-24(15-17-25)21(26)12-13-22(27)28-2/h3-11,23H,12-17H2,1-2H3/t23-/m1/s1. The number of rotatable bonds is 6. The number of methoxy groups -OCH3 is 1. The monoisotopic (exact) mass is 380 g/mol. The van der Waals surface area contributed by atoms with E-state index in [1.54, 1.807) is 0 Å². The van der Waals surface area contributed by atoms with Gasteiger partial charge in [-0.1, -0.05) is 60.2 Å². The number of nitrogens with zero attached hydrogens (tertiary/aromatic N) is 2. The van der Waals surface area contributed by atoms with Gasteiger partial charge in [0.15, 0.2) is 0 Å². The molecule has 1 heterocycles. The van der Waals surface area contributed by atoms with Crippen LogP contribution < -0.4 is 0 Å². The fourth-order valence-corrected chi connectivity index (χ4v) is 3.70. The lowest BCUT2D eigenvalue weighted by molar-refractivity contribution is -0.144. The highest BCUT2D eigenvalue weighted by molar-refractivity contribution is 5.81. The first-order chi connectivity index (χ1) is 13.6. The van der Waals surface area contributed by atoms with Crippen molar-refractivity contribution < 1.29 is 14.3 Å². The van der Waals surface area contributed by atoms with Crippen molar-refractivity contribution in [1.82, 2.24) is 9.80 Å². The fourth-order valence-electron chi connectivity index (χ4n) is 3.70. The number of hydrogen-bond donors (Lipinski definition) is 0. The first-order valence-corrected chi connectivity index (χ1v) is 9.78. The van der Waals surface area contributed by atoms with Gasteiger partial charge in [0.25, 0.3) is 0 Å². The lowest BCUT2D eigenvalue weighted by Crippen LogP contribution is -2.49. The molecule has 3 rings (SSSR count). The van der Waals surface area contributed by atoms with Crippen LogP contribution in [0.2, 0.25) is 0 Å². The van der Waals surface area contributed by atoms with Crippen LogP contribution in [0.5, 0.6) is 0 Å². The summed E-state index contributed by atoms with van der Waals surface area (Å²) in [7, 11) is 1.35. The number of piperazine rings is 1. The Morgan fingerprint density at radius 2 is 1.50 bits per heavy atom. The maximum Gasteiger partial charge on any atom is 0.306 e. The normalized spacial score (nSPS) is 15.9. The van der Waals surface area contributed by atoms with E-state index in [-0.39, 0.29) is 30.8 Å². The summed E-state index contributed by atoms with van der Waals surface area (Å²) in [4.78, 5) is 27.9. The minimum Gasteiger partial charge on any atom is -0.469 e. The molecule has 0 aliphatic carbocycles. The van der Waals surface area contributed by atoms with Gasteiger partial charge in [0.05, 0.1) is 19.6 Å². The number of hydrogen-bond acceptors (Lipinski definition) is 4. The van der Waals surface area contributed by atoms with Crippen LogP contribution in [0.1, 0.15) is 35.6 Å². The Kier molecular flexibility index (Phi) is 6.82. The summed E-state index contributed by atoms with van der Waals surface area (Å²) in [6, 6.07) is 19.4. The molecule has 1 atom stereocenters. The van der Waals surface area contributed by atoms with Gasteiger partial charge in [0.1, 0.15) is 0 Å². The summed E-state index contributed by atoms with van der Waals surface area (Å²) in [5.41, 5.74) is 3.77. The summed E-state index contributed by atoms with van der Waals surface area (Å²) >= 11 is 0. The third-order valence-electron chi connectivity index (χ3n) is 5.31. The van der Waals surface area contributed by atoms with Crippen molar-refractivity contribution in [1.29, 1.82) is 0 Å². The van der Waals surface area contributed by atoms with Gasteiger partial charge in [-0.3, -0.25) is 14.5 Å². The largest absolute Gasteiger partial charge is 0.469 e. The van der Waals surface area contributed by atoms with Crippen molar-refractivity contribution >= 4 is 11.9 Å². The highest BCUT2D eigenvalue weighted by atomic mass is 16.5. The van der Waals surface area contributed by atoms with Crippen LogP contribution >= 0.6 is 0 Å². The Bertz CT molecular complexity index is 781. The number of carbonyl (C=O) groups excluding carboxylic acids is 2. The van der Waals surface area contributed by atoms with Crippen LogP contribution in [0.3, 0.4) is 0 Å². The smallest absolute Gasteiger partial charge is 0.306 e. The highest BCUT2D eigenvalue weighted by Crippen LogP contribution is 2.29. The van der Waals surface area contributed by atoms with Crippen molar-refractivity contribution in [2.45, 2.75) is 25.8 Å². The summed E-state index contributed by atoms with van der Waals surface area (Å²) in [5, 5.41) is 0. The topological polar surface area (TPSA) is 49.9 Å². The van der Waals surface area contributed by atoms with Gasteiger partial charge >= 0.3 is 5.97 Å². The zero-order chi connectivity index (χ0) is 19.9. The van der Waals surface area contributed by atoms with Crippen LogP contribution in [0.4, 0.5) is 0 Å². The number of aryl methyl sites for hydroxylation is 1. The van der Waals surface area contributed by atoms with Crippen molar-refractivity contribution in [2.24, 2.45) is 0 Å². The van der Waals surface area contributed by atoms with Crippen LogP contribution in [0.15, 0.2) is 54.6 Å². The van der Waals surface area contributed by atoms with Gasteiger partial charge in [-0.05, 0) is 18.1 Å². The van der Waals surface area contributed by atoms with E-state index in [0.29, 0.717) is 13.1 Å². The Hall–Kier alpha value is -2.66. The molecule has 1 aliphatic heterocycles. The molecule has 0 aromatic heterocycles. The maximum atomic E-state index is 12.4. The van der Waals surface area contributed by atoms with Gasteiger partial charge in [0, 0.05) is 32.6 Å². The molecular weight excluding hydrogens is 352 g/mol. The predicted molar refractivity (Wildman–Crippen MR) is 109 cm³/mol. The number of esters is 1. The third-order valence-corrected chi connectivity index (χ3v) is 5.31. The lowest BCUT2D eigenvalue weighted by atomic mass is 9.95. The van der Waals surface area contributed by atoms with E-state index in [1.807, 2.05) is 11.0 Å². The second kappa shape index (κ2) is 9.51. The Morgan fingerprint density at radius 1 is 0.893 bits per heavy atom. The highest BCUT2D eigenvalue weighted by Gasteiger charge is 2.28. The van der Waals surface area contributed by atoms with Crippen LogP contribution in [-0.2, 0) is 14.3 Å². The van der Waals surface area contributed by atoms with Crippen molar-refractivity contribution in [3.05, 3.63) is 71.3 Å².